The fraction of sp³-hybridized carbons (Fsp3) is 0.357. The van der Waals surface area contributed by atoms with E-state index in [0.717, 1.165) is 6.42 Å². The van der Waals surface area contributed by atoms with Gasteiger partial charge in [0, 0.05) is 17.1 Å². The van der Waals surface area contributed by atoms with Crippen LogP contribution in [0, 0.1) is 12.5 Å². The van der Waals surface area contributed by atoms with Crippen LogP contribution in [0.15, 0.2) is 24.3 Å². The average molecular weight is 282 g/mol. The third-order valence-corrected chi connectivity index (χ3v) is 2.62. The van der Waals surface area contributed by atoms with Gasteiger partial charge in [0.15, 0.2) is 0 Å². The first-order valence-electron chi connectivity index (χ1n) is 6.14. The molecule has 1 radical (unpaired) electrons. The molecule has 0 bridgehead atoms. The van der Waals surface area contributed by atoms with Crippen LogP contribution in [0.1, 0.15) is 30.6 Å². The Balaban J connectivity index is 2.30. The molecule has 0 aromatic heterocycles. The zero-order valence-electron chi connectivity index (χ0n) is 11.1. The predicted octanol–water partition coefficient (Wildman–Crippen LogP) is 2.39. The molecule has 2 N–H and O–H groups in total. The molecular formula is C14H18ClN2O2. The van der Waals surface area contributed by atoms with Crippen molar-refractivity contribution < 1.29 is 9.59 Å². The van der Waals surface area contributed by atoms with Crippen molar-refractivity contribution in [3.63, 3.8) is 0 Å². The van der Waals surface area contributed by atoms with Gasteiger partial charge in [-0.1, -0.05) is 25.4 Å². The summed E-state index contributed by atoms with van der Waals surface area (Å²) in [5, 5.41) is 5.74. The van der Waals surface area contributed by atoms with Crippen molar-refractivity contribution in [2.75, 3.05) is 6.54 Å². The third-order valence-electron chi connectivity index (χ3n) is 2.37. The first kappa shape index (κ1) is 15.5. The van der Waals surface area contributed by atoms with Crippen LogP contribution in [0.25, 0.3) is 0 Å². The number of hydrogen-bond acceptors (Lipinski definition) is 2. The lowest BCUT2D eigenvalue weighted by atomic mass is 10.1. The van der Waals surface area contributed by atoms with Crippen LogP contribution >= 0.6 is 11.6 Å². The normalized spacial score (nSPS) is 10.3. The predicted molar refractivity (Wildman–Crippen MR) is 75.7 cm³/mol. The van der Waals surface area contributed by atoms with Crippen molar-refractivity contribution in [1.29, 1.82) is 0 Å². The maximum Gasteiger partial charge on any atom is 0.251 e. The topological polar surface area (TPSA) is 58.2 Å². The van der Waals surface area contributed by atoms with E-state index in [-0.39, 0.29) is 18.4 Å². The molecule has 4 nitrogen and oxygen atoms in total. The number of amides is 2. The van der Waals surface area contributed by atoms with Gasteiger partial charge in [0.25, 0.3) is 5.91 Å². The second kappa shape index (κ2) is 7.79. The van der Waals surface area contributed by atoms with E-state index in [0.29, 0.717) is 16.5 Å². The number of rotatable bonds is 6. The molecule has 1 aromatic rings. The smallest absolute Gasteiger partial charge is 0.251 e. The molecule has 5 heteroatoms. The van der Waals surface area contributed by atoms with Gasteiger partial charge in [-0.2, -0.15) is 0 Å². The highest BCUT2D eigenvalue weighted by atomic mass is 35.5. The number of hydrogen-bond donors (Lipinski definition) is 2. The fourth-order valence-corrected chi connectivity index (χ4v) is 1.45. The highest BCUT2D eigenvalue weighted by Gasteiger charge is 2.07. The maximum absolute atomic E-state index is 11.7. The highest BCUT2D eigenvalue weighted by Crippen LogP contribution is 2.09. The van der Waals surface area contributed by atoms with Crippen LogP contribution < -0.4 is 10.6 Å². The van der Waals surface area contributed by atoms with Crippen molar-refractivity contribution >= 4 is 23.4 Å². The summed E-state index contributed by atoms with van der Waals surface area (Å²) in [7, 11) is 0. The van der Waals surface area contributed by atoms with Crippen molar-refractivity contribution in [3.8, 4) is 0 Å². The van der Waals surface area contributed by atoms with Crippen molar-refractivity contribution in [2.24, 2.45) is 5.92 Å². The van der Waals surface area contributed by atoms with Crippen molar-refractivity contribution in [1.82, 2.24) is 10.6 Å². The third kappa shape index (κ3) is 6.25. The summed E-state index contributed by atoms with van der Waals surface area (Å²) in [4.78, 5) is 23.1. The molecule has 103 valence electrons. The SMILES string of the molecule is CC(C)C[CH]NC(=O)CNC(=O)c1ccc(Cl)cc1. The Kier molecular flexibility index (Phi) is 6.36. The lowest BCUT2D eigenvalue weighted by Crippen LogP contribution is -2.36. The van der Waals surface area contributed by atoms with Gasteiger partial charge < -0.3 is 10.6 Å². The van der Waals surface area contributed by atoms with Gasteiger partial charge in [0.1, 0.15) is 0 Å². The summed E-state index contributed by atoms with van der Waals surface area (Å²) in [6.07, 6.45) is 0.802. The van der Waals surface area contributed by atoms with E-state index in [1.165, 1.54) is 0 Å². The Hall–Kier alpha value is -1.55. The molecule has 2 amide bonds. The first-order chi connectivity index (χ1) is 8.99. The second-order valence-corrected chi connectivity index (χ2v) is 5.03. The van der Waals surface area contributed by atoms with Gasteiger partial charge in [-0.15, -0.1) is 0 Å². The number of halogens is 1. The fourth-order valence-electron chi connectivity index (χ4n) is 1.32. The summed E-state index contributed by atoms with van der Waals surface area (Å²) in [5.41, 5.74) is 0.475. The molecule has 1 aromatic carbocycles. The van der Waals surface area contributed by atoms with E-state index >= 15 is 0 Å². The minimum atomic E-state index is -0.296. The van der Waals surface area contributed by atoms with E-state index in [9.17, 15) is 9.59 Å². The number of nitrogens with one attached hydrogen (secondary N) is 2. The summed E-state index contributed by atoms with van der Waals surface area (Å²) in [6, 6.07) is 6.49. The average Bonchev–Trinajstić information content (AvgIpc) is 2.36. The Morgan fingerprint density at radius 1 is 1.26 bits per heavy atom. The Morgan fingerprint density at radius 2 is 1.89 bits per heavy atom. The summed E-state index contributed by atoms with van der Waals surface area (Å²) in [5.74, 6) is -0.0393. The van der Waals surface area contributed by atoms with Crippen molar-refractivity contribution in [3.05, 3.63) is 41.4 Å². The van der Waals surface area contributed by atoms with E-state index in [4.69, 9.17) is 11.6 Å². The standard InChI is InChI=1S/C14H18ClN2O2/c1-10(2)7-8-16-13(18)9-17-14(19)11-3-5-12(15)6-4-11/h3-6,8,10H,7,9H2,1-2H3,(H,16,18)(H,17,19). The van der Waals surface area contributed by atoms with E-state index in [1.54, 1.807) is 30.8 Å². The van der Waals surface area contributed by atoms with Gasteiger partial charge in [-0.3, -0.25) is 9.59 Å². The quantitative estimate of drug-likeness (QED) is 0.841. The molecule has 1 rings (SSSR count). The number of benzene rings is 1. The molecule has 0 aliphatic rings. The molecule has 0 saturated heterocycles. The van der Waals surface area contributed by atoms with Gasteiger partial charge in [-0.05, 0) is 36.6 Å². The lowest BCUT2D eigenvalue weighted by molar-refractivity contribution is -0.119. The zero-order chi connectivity index (χ0) is 14.3. The first-order valence-corrected chi connectivity index (χ1v) is 6.51. The van der Waals surface area contributed by atoms with Crippen LogP contribution in [0.2, 0.25) is 5.02 Å². The minimum absolute atomic E-state index is 0.0456. The van der Waals surface area contributed by atoms with E-state index in [1.807, 2.05) is 0 Å². The van der Waals surface area contributed by atoms with Gasteiger partial charge >= 0.3 is 0 Å². The molecule has 0 fully saturated rings. The molecule has 0 unspecified atom stereocenters. The zero-order valence-corrected chi connectivity index (χ0v) is 11.8. The van der Waals surface area contributed by atoms with Crippen molar-refractivity contribution in [2.45, 2.75) is 20.3 Å². The molecule has 19 heavy (non-hydrogen) atoms. The van der Waals surface area contributed by atoms with Gasteiger partial charge in [-0.25, -0.2) is 0 Å². The van der Waals surface area contributed by atoms with E-state index in [2.05, 4.69) is 24.5 Å². The minimum Gasteiger partial charge on any atom is -0.350 e. The Bertz CT molecular complexity index is 430. The largest absolute Gasteiger partial charge is 0.350 e. The van der Waals surface area contributed by atoms with Gasteiger partial charge in [0.2, 0.25) is 5.91 Å². The molecule has 0 aliphatic heterocycles. The van der Waals surface area contributed by atoms with Crippen LogP contribution in [-0.4, -0.2) is 18.4 Å². The lowest BCUT2D eigenvalue weighted by Gasteiger charge is -2.08. The molecule has 0 heterocycles. The second-order valence-electron chi connectivity index (χ2n) is 4.59. The molecule has 0 atom stereocenters. The van der Waals surface area contributed by atoms with Crippen LogP contribution in [0.3, 0.4) is 0 Å². The monoisotopic (exact) mass is 281 g/mol. The number of carbonyl (C=O) groups is 2. The van der Waals surface area contributed by atoms with Crippen LogP contribution in [0.4, 0.5) is 0 Å². The maximum atomic E-state index is 11.7. The highest BCUT2D eigenvalue weighted by molar-refractivity contribution is 6.30. The number of carbonyl (C=O) groups excluding carboxylic acids is 2. The van der Waals surface area contributed by atoms with Crippen LogP contribution in [-0.2, 0) is 4.79 Å². The molecule has 0 aliphatic carbocycles. The summed E-state index contributed by atoms with van der Waals surface area (Å²) >= 11 is 5.73. The van der Waals surface area contributed by atoms with Gasteiger partial charge in [0.05, 0.1) is 6.54 Å². The molecule has 0 spiro atoms. The summed E-state index contributed by atoms with van der Waals surface area (Å²) < 4.78 is 0. The molecular weight excluding hydrogens is 264 g/mol. The van der Waals surface area contributed by atoms with Crippen LogP contribution in [0.5, 0.6) is 0 Å². The summed E-state index contributed by atoms with van der Waals surface area (Å²) in [6.45, 7) is 5.79. The molecule has 0 saturated carbocycles. The Morgan fingerprint density at radius 3 is 2.47 bits per heavy atom. The van der Waals surface area contributed by atoms with E-state index < -0.39 is 0 Å². The Labute approximate surface area is 118 Å².